The van der Waals surface area contributed by atoms with Gasteiger partial charge in [0.25, 0.3) is 0 Å². The van der Waals surface area contributed by atoms with Crippen molar-refractivity contribution in [2.45, 2.75) is 6.92 Å². The second kappa shape index (κ2) is 5.73. The van der Waals surface area contributed by atoms with E-state index in [1.165, 1.54) is 16.6 Å². The molecule has 0 aliphatic carbocycles. The summed E-state index contributed by atoms with van der Waals surface area (Å²) in [5.74, 6) is -1.17. The Morgan fingerprint density at radius 3 is 2.95 bits per heavy atom. The maximum atomic E-state index is 13.8. The second-order valence-corrected chi connectivity index (χ2v) is 4.86. The van der Waals surface area contributed by atoms with Crippen LogP contribution in [0.3, 0.4) is 0 Å². The van der Waals surface area contributed by atoms with Gasteiger partial charge < -0.3 is 4.74 Å². The van der Waals surface area contributed by atoms with Crippen LogP contribution < -0.4 is 0 Å². The van der Waals surface area contributed by atoms with E-state index in [1.807, 2.05) is 0 Å². The molecule has 1 aromatic carbocycles. The van der Waals surface area contributed by atoms with Crippen LogP contribution in [0.4, 0.5) is 4.39 Å². The number of hydrogen-bond acceptors (Lipinski definition) is 4. The van der Waals surface area contributed by atoms with Gasteiger partial charge in [0.1, 0.15) is 11.5 Å². The number of hydrogen-bond donors (Lipinski definition) is 0. The monoisotopic (exact) mass is 319 g/mol. The van der Waals surface area contributed by atoms with E-state index < -0.39 is 11.8 Å². The number of halogens is 2. The molecule has 0 amide bonds. The Morgan fingerprint density at radius 2 is 2.23 bits per heavy atom. The Kier molecular flexibility index (Phi) is 3.77. The van der Waals surface area contributed by atoms with E-state index in [0.717, 1.165) is 0 Å². The van der Waals surface area contributed by atoms with E-state index in [2.05, 4.69) is 10.1 Å². The predicted molar refractivity (Wildman–Crippen MR) is 79.3 cm³/mol. The van der Waals surface area contributed by atoms with E-state index in [-0.39, 0.29) is 17.3 Å². The number of esters is 1. The highest BCUT2D eigenvalue weighted by atomic mass is 35.5. The summed E-state index contributed by atoms with van der Waals surface area (Å²) in [6, 6.07) is 7.66. The molecule has 0 radical (unpaired) electrons. The normalized spacial score (nSPS) is 10.9. The van der Waals surface area contributed by atoms with E-state index in [9.17, 15) is 9.18 Å². The molecule has 112 valence electrons. The summed E-state index contributed by atoms with van der Waals surface area (Å²) in [6.45, 7) is 1.92. The number of imidazole rings is 1. The molecular formula is C15H11ClFN3O2. The molecule has 3 aromatic rings. The zero-order chi connectivity index (χ0) is 15.7. The minimum Gasteiger partial charge on any atom is -0.461 e. The van der Waals surface area contributed by atoms with Gasteiger partial charge in [0.2, 0.25) is 0 Å². The molecule has 0 saturated heterocycles. The lowest BCUT2D eigenvalue weighted by atomic mass is 10.1. The Labute approximate surface area is 130 Å². The van der Waals surface area contributed by atoms with Crippen molar-refractivity contribution in [1.82, 2.24) is 14.6 Å². The van der Waals surface area contributed by atoms with Crippen LogP contribution in [0.25, 0.3) is 16.9 Å². The maximum Gasteiger partial charge on any atom is 0.359 e. The van der Waals surface area contributed by atoms with Crippen molar-refractivity contribution in [3.8, 4) is 11.3 Å². The summed E-state index contributed by atoms with van der Waals surface area (Å²) in [7, 11) is 0. The Balaban J connectivity index is 2.27. The molecule has 0 fully saturated rings. The van der Waals surface area contributed by atoms with Crippen molar-refractivity contribution >= 4 is 23.2 Å². The molecule has 0 aliphatic rings. The largest absolute Gasteiger partial charge is 0.461 e. The number of ether oxygens (including phenoxy) is 1. The van der Waals surface area contributed by atoms with Gasteiger partial charge >= 0.3 is 5.97 Å². The molecule has 2 heterocycles. The minimum absolute atomic E-state index is 0.00298. The zero-order valence-electron chi connectivity index (χ0n) is 11.6. The third kappa shape index (κ3) is 2.42. The summed E-state index contributed by atoms with van der Waals surface area (Å²) in [4.78, 5) is 16.3. The van der Waals surface area contributed by atoms with Gasteiger partial charge in [-0.1, -0.05) is 17.7 Å². The van der Waals surface area contributed by atoms with Gasteiger partial charge in [-0.3, -0.25) is 0 Å². The summed E-state index contributed by atoms with van der Waals surface area (Å²) < 4.78 is 20.2. The number of rotatable bonds is 3. The average Bonchev–Trinajstić information content (AvgIpc) is 2.90. The van der Waals surface area contributed by atoms with Crippen LogP contribution in [-0.4, -0.2) is 27.2 Å². The zero-order valence-corrected chi connectivity index (χ0v) is 12.3. The first-order valence-electron chi connectivity index (χ1n) is 6.58. The molecule has 3 rings (SSSR count). The fourth-order valence-electron chi connectivity index (χ4n) is 2.13. The molecule has 0 atom stereocenters. The van der Waals surface area contributed by atoms with E-state index in [4.69, 9.17) is 16.3 Å². The van der Waals surface area contributed by atoms with Crippen molar-refractivity contribution in [2.24, 2.45) is 0 Å². The highest BCUT2D eigenvalue weighted by molar-refractivity contribution is 6.30. The minimum atomic E-state index is -0.585. The number of nitrogens with zero attached hydrogens (tertiary/aromatic N) is 3. The summed E-state index contributed by atoms with van der Waals surface area (Å²) in [5, 5.41) is 4.17. The van der Waals surface area contributed by atoms with Crippen molar-refractivity contribution in [3.05, 3.63) is 53.1 Å². The second-order valence-electron chi connectivity index (χ2n) is 4.45. The van der Waals surface area contributed by atoms with Gasteiger partial charge in [-0.05, 0) is 31.2 Å². The fourth-order valence-corrected chi connectivity index (χ4v) is 2.25. The molecule has 0 saturated carbocycles. The highest BCUT2D eigenvalue weighted by Gasteiger charge is 2.22. The lowest BCUT2D eigenvalue weighted by molar-refractivity contribution is 0.0521. The van der Waals surface area contributed by atoms with Crippen LogP contribution in [-0.2, 0) is 4.74 Å². The third-order valence-corrected chi connectivity index (χ3v) is 3.36. The summed E-state index contributed by atoms with van der Waals surface area (Å²) >= 11 is 5.71. The lowest BCUT2D eigenvalue weighted by Gasteiger charge is -2.05. The van der Waals surface area contributed by atoms with E-state index >= 15 is 0 Å². The quantitative estimate of drug-likeness (QED) is 0.695. The lowest BCUT2D eigenvalue weighted by Crippen LogP contribution is -2.07. The van der Waals surface area contributed by atoms with Gasteiger partial charge in [-0.25, -0.2) is 18.7 Å². The van der Waals surface area contributed by atoms with Gasteiger partial charge in [0.15, 0.2) is 11.3 Å². The van der Waals surface area contributed by atoms with Crippen LogP contribution in [0.15, 0.2) is 36.5 Å². The van der Waals surface area contributed by atoms with Crippen LogP contribution in [0.5, 0.6) is 0 Å². The van der Waals surface area contributed by atoms with Crippen molar-refractivity contribution in [1.29, 1.82) is 0 Å². The Bertz CT molecular complexity index is 863. The van der Waals surface area contributed by atoms with Gasteiger partial charge in [-0.2, -0.15) is 5.10 Å². The van der Waals surface area contributed by atoms with E-state index in [0.29, 0.717) is 16.9 Å². The number of fused-ring (bicyclic) bond motifs is 1. The van der Waals surface area contributed by atoms with Gasteiger partial charge in [0.05, 0.1) is 11.6 Å². The summed E-state index contributed by atoms with van der Waals surface area (Å²) in [6.07, 6.45) is 1.55. The van der Waals surface area contributed by atoms with Crippen molar-refractivity contribution in [3.63, 3.8) is 0 Å². The number of carbonyl (C=O) groups is 1. The fraction of sp³-hybridized carbons (Fsp3) is 0.133. The average molecular weight is 320 g/mol. The van der Waals surface area contributed by atoms with Gasteiger partial charge in [-0.15, -0.1) is 0 Å². The van der Waals surface area contributed by atoms with Crippen LogP contribution >= 0.6 is 11.6 Å². The molecule has 0 aliphatic heterocycles. The predicted octanol–water partition coefficient (Wildman–Crippen LogP) is 3.37. The standard InChI is InChI=1S/C15H11ClFN3O2/c1-2-22-15(21)13-14(9-5-6-10(16)11(17)8-9)20-12(19-13)4-3-7-18-20/h3-8H,2H2,1H3. The molecule has 5 nitrogen and oxygen atoms in total. The van der Waals surface area contributed by atoms with Crippen molar-refractivity contribution in [2.75, 3.05) is 6.61 Å². The topological polar surface area (TPSA) is 56.5 Å². The number of benzene rings is 1. The molecule has 0 bridgehead atoms. The smallest absolute Gasteiger partial charge is 0.359 e. The van der Waals surface area contributed by atoms with Crippen LogP contribution in [0.1, 0.15) is 17.4 Å². The Morgan fingerprint density at radius 1 is 1.41 bits per heavy atom. The van der Waals surface area contributed by atoms with Crippen LogP contribution in [0.2, 0.25) is 5.02 Å². The first kappa shape index (κ1) is 14.5. The molecule has 0 spiro atoms. The molecule has 22 heavy (non-hydrogen) atoms. The maximum absolute atomic E-state index is 13.8. The molecular weight excluding hydrogens is 309 g/mol. The molecule has 7 heteroatoms. The Hall–Kier alpha value is -2.47. The molecule has 2 aromatic heterocycles. The first-order chi connectivity index (χ1) is 10.6. The SMILES string of the molecule is CCOC(=O)c1nc2cccnn2c1-c1ccc(Cl)c(F)c1. The molecule has 0 unspecified atom stereocenters. The van der Waals surface area contributed by atoms with Gasteiger partial charge in [0, 0.05) is 11.8 Å². The first-order valence-corrected chi connectivity index (χ1v) is 6.96. The van der Waals surface area contributed by atoms with Crippen molar-refractivity contribution < 1.29 is 13.9 Å². The van der Waals surface area contributed by atoms with E-state index in [1.54, 1.807) is 31.3 Å². The summed E-state index contributed by atoms with van der Waals surface area (Å²) in [5.41, 5.74) is 1.36. The number of carbonyl (C=O) groups excluding carboxylic acids is 1. The third-order valence-electron chi connectivity index (χ3n) is 3.05. The highest BCUT2D eigenvalue weighted by Crippen LogP contribution is 2.28. The number of aromatic nitrogens is 3. The van der Waals surface area contributed by atoms with Crippen LogP contribution in [0, 0.1) is 5.82 Å². The molecule has 0 N–H and O–H groups in total.